The maximum atomic E-state index is 14.3. The van der Waals surface area contributed by atoms with Gasteiger partial charge in [0.25, 0.3) is 11.8 Å². The Bertz CT molecular complexity index is 1720. The summed E-state index contributed by atoms with van der Waals surface area (Å²) in [6.45, 7) is 12.3. The molecule has 0 atom stereocenters. The average Bonchev–Trinajstić information content (AvgIpc) is 3.50. The summed E-state index contributed by atoms with van der Waals surface area (Å²) in [5.41, 5.74) is 7.36. The van der Waals surface area contributed by atoms with Crippen molar-refractivity contribution in [3.8, 4) is 0 Å². The molecular weight excluding hydrogens is 484 g/mol. The normalized spacial score (nSPS) is 14.3. The van der Waals surface area contributed by atoms with E-state index in [0.29, 0.717) is 16.8 Å². The zero-order chi connectivity index (χ0) is 25.5. The molecule has 0 radical (unpaired) electrons. The molecule has 0 unspecified atom stereocenters. The number of benzene rings is 2. The number of thiophene rings is 2. The maximum Gasteiger partial charge on any atom is 0.266 e. The topological polar surface area (TPSA) is 53.2 Å². The molecule has 0 aliphatic carbocycles. The Balaban J connectivity index is 1.65. The molecule has 0 saturated carbocycles. The molecule has 1 N–H and O–H groups in total. The first-order valence-corrected chi connectivity index (χ1v) is 13.6. The number of aryl methyl sites for hydroxylation is 4. The van der Waals surface area contributed by atoms with Crippen molar-refractivity contribution in [2.45, 2.75) is 41.5 Å². The van der Waals surface area contributed by atoms with Crippen molar-refractivity contribution >= 4 is 73.1 Å². The van der Waals surface area contributed by atoms with E-state index in [-0.39, 0.29) is 11.8 Å². The van der Waals surface area contributed by atoms with Crippen molar-refractivity contribution < 1.29 is 9.59 Å². The minimum Gasteiger partial charge on any atom is -0.353 e. The van der Waals surface area contributed by atoms with Gasteiger partial charge in [-0.1, -0.05) is 30.3 Å². The lowest BCUT2D eigenvalue weighted by molar-refractivity contribution is -0.119. The van der Waals surface area contributed by atoms with Crippen molar-refractivity contribution in [1.82, 2.24) is 4.98 Å². The van der Waals surface area contributed by atoms with Crippen LogP contribution in [0.15, 0.2) is 42.5 Å². The van der Waals surface area contributed by atoms with Gasteiger partial charge in [-0.2, -0.15) is 0 Å². The molecule has 6 rings (SSSR count). The molecule has 2 amide bonds. The Morgan fingerprint density at radius 3 is 1.69 bits per heavy atom. The molecule has 180 valence electrons. The number of aromatic nitrogens is 1. The summed E-state index contributed by atoms with van der Waals surface area (Å²) >= 11 is 3.36. The van der Waals surface area contributed by atoms with Crippen LogP contribution in [0, 0.1) is 41.5 Å². The summed E-state index contributed by atoms with van der Waals surface area (Å²) in [6.07, 6.45) is 0. The highest BCUT2D eigenvalue weighted by molar-refractivity contribution is 7.12. The zero-order valence-corrected chi connectivity index (χ0v) is 22.8. The molecule has 1 aliphatic heterocycles. The number of hydrogen-bond donors (Lipinski definition) is 1. The third-order valence-electron chi connectivity index (χ3n) is 7.47. The summed E-state index contributed by atoms with van der Waals surface area (Å²) in [6, 6.07) is 13.9. The van der Waals surface area contributed by atoms with Crippen LogP contribution >= 0.6 is 22.7 Å². The number of H-pyrrole nitrogens is 1. The third kappa shape index (κ3) is 3.04. The van der Waals surface area contributed by atoms with Gasteiger partial charge in [0.2, 0.25) is 0 Å². The fraction of sp³-hybridized carbons (Fsp3) is 0.200. The van der Waals surface area contributed by atoms with E-state index in [0.717, 1.165) is 53.8 Å². The second kappa shape index (κ2) is 8.02. The number of para-hydroxylation sites is 2. The Labute approximate surface area is 217 Å². The van der Waals surface area contributed by atoms with Crippen molar-refractivity contribution in [2.75, 3.05) is 4.90 Å². The van der Waals surface area contributed by atoms with Gasteiger partial charge in [0, 0.05) is 46.9 Å². The summed E-state index contributed by atoms with van der Waals surface area (Å²) in [5.74, 6) is -0.513. The monoisotopic (exact) mass is 510 g/mol. The number of anilines is 1. The third-order valence-corrected chi connectivity index (χ3v) is 9.71. The highest BCUT2D eigenvalue weighted by Gasteiger charge is 2.44. The number of fused-ring (bicyclic) bond motifs is 3. The zero-order valence-electron chi connectivity index (χ0n) is 21.1. The van der Waals surface area contributed by atoms with Crippen LogP contribution in [0.3, 0.4) is 0 Å². The van der Waals surface area contributed by atoms with Crippen molar-refractivity contribution in [3.63, 3.8) is 0 Å². The summed E-state index contributed by atoms with van der Waals surface area (Å²) in [7, 11) is 0. The summed E-state index contributed by atoms with van der Waals surface area (Å²) < 4.78 is 0. The average molecular weight is 511 g/mol. The van der Waals surface area contributed by atoms with E-state index in [4.69, 9.17) is 0 Å². The minimum atomic E-state index is -0.257. The fourth-order valence-electron chi connectivity index (χ4n) is 5.58. The van der Waals surface area contributed by atoms with Gasteiger partial charge < -0.3 is 4.98 Å². The number of rotatable bonds is 3. The van der Waals surface area contributed by atoms with Crippen molar-refractivity contribution in [2.24, 2.45) is 0 Å². The number of carbonyl (C=O) groups excluding carboxylic acids is 2. The summed E-state index contributed by atoms with van der Waals surface area (Å²) in [5, 5.41) is 2.07. The van der Waals surface area contributed by atoms with Crippen LogP contribution in [0.5, 0.6) is 0 Å². The first-order valence-electron chi connectivity index (χ1n) is 12.0. The molecule has 36 heavy (non-hydrogen) atoms. The van der Waals surface area contributed by atoms with Gasteiger partial charge in [-0.3, -0.25) is 9.59 Å². The Morgan fingerprint density at radius 1 is 0.639 bits per heavy atom. The van der Waals surface area contributed by atoms with E-state index in [1.807, 2.05) is 50.2 Å². The lowest BCUT2D eigenvalue weighted by Gasteiger charge is -2.17. The van der Waals surface area contributed by atoms with Crippen molar-refractivity contribution in [1.29, 1.82) is 0 Å². The predicted octanol–water partition coefficient (Wildman–Crippen LogP) is 7.78. The van der Waals surface area contributed by atoms with Crippen molar-refractivity contribution in [3.05, 3.63) is 84.2 Å². The highest BCUT2D eigenvalue weighted by Crippen LogP contribution is 2.47. The molecule has 4 heterocycles. The maximum absolute atomic E-state index is 14.3. The molecule has 4 nitrogen and oxygen atoms in total. The number of nitrogens with zero attached hydrogens (tertiary/aromatic N) is 1. The van der Waals surface area contributed by atoms with Gasteiger partial charge >= 0.3 is 0 Å². The second-order valence-electron chi connectivity index (χ2n) is 9.49. The summed E-state index contributed by atoms with van der Waals surface area (Å²) in [4.78, 5) is 38.0. The fourth-order valence-corrected chi connectivity index (χ4v) is 7.72. The molecule has 0 bridgehead atoms. The number of aromatic amines is 1. The molecule has 0 fully saturated rings. The standard InChI is InChI=1S/C30H26N2O2S2/c1-14-16(3)35-18(5)24(14)26-27(25-15(2)17(4)36-19(25)6)30(34)32(29(26)33)23-13-9-11-21-20-10-7-8-12-22(20)31-28(21)23/h7-13,31H,1-6H3. The van der Waals surface area contributed by atoms with Crippen LogP contribution in [-0.4, -0.2) is 16.8 Å². The quantitative estimate of drug-likeness (QED) is 0.252. The predicted molar refractivity (Wildman–Crippen MR) is 152 cm³/mol. The first-order chi connectivity index (χ1) is 17.2. The SMILES string of the molecule is Cc1sc(C)c(C2=C(c3c(C)sc(C)c3C)C(=O)N(c3cccc4c3[nH]c3ccccc34)C2=O)c1C. The molecule has 0 spiro atoms. The second-order valence-corrected chi connectivity index (χ2v) is 12.4. The van der Waals surface area contributed by atoms with Crippen LogP contribution in [0.4, 0.5) is 5.69 Å². The van der Waals surface area contributed by atoms with E-state index in [1.165, 1.54) is 14.7 Å². The van der Waals surface area contributed by atoms with E-state index in [2.05, 4.69) is 38.7 Å². The largest absolute Gasteiger partial charge is 0.353 e. The lowest BCUT2D eigenvalue weighted by atomic mass is 9.92. The molecule has 5 aromatic rings. The number of amides is 2. The van der Waals surface area contributed by atoms with Gasteiger partial charge in [0.1, 0.15) is 0 Å². The minimum absolute atomic E-state index is 0.257. The van der Waals surface area contributed by atoms with Crippen LogP contribution in [0.2, 0.25) is 0 Å². The smallest absolute Gasteiger partial charge is 0.266 e. The van der Waals surface area contributed by atoms with Crippen LogP contribution in [0.1, 0.15) is 41.8 Å². The molecule has 1 aliphatic rings. The Hall–Kier alpha value is -3.48. The van der Waals surface area contributed by atoms with Gasteiger partial charge in [-0.05, 0) is 64.8 Å². The number of imide groups is 1. The molecule has 6 heteroatoms. The van der Waals surface area contributed by atoms with Crippen LogP contribution in [0.25, 0.3) is 33.0 Å². The van der Waals surface area contributed by atoms with Gasteiger partial charge in [-0.15, -0.1) is 22.7 Å². The lowest BCUT2D eigenvalue weighted by Crippen LogP contribution is -2.31. The molecule has 3 aromatic heterocycles. The Morgan fingerprint density at radius 2 is 1.17 bits per heavy atom. The molecule has 2 aromatic carbocycles. The van der Waals surface area contributed by atoms with E-state index in [9.17, 15) is 9.59 Å². The number of hydrogen-bond acceptors (Lipinski definition) is 4. The first kappa shape index (κ1) is 23.0. The number of nitrogens with one attached hydrogen (secondary N) is 1. The Kier molecular flexibility index (Phi) is 5.11. The number of carbonyl (C=O) groups is 2. The van der Waals surface area contributed by atoms with Crippen LogP contribution in [-0.2, 0) is 9.59 Å². The highest BCUT2D eigenvalue weighted by atomic mass is 32.1. The van der Waals surface area contributed by atoms with Crippen LogP contribution < -0.4 is 4.90 Å². The van der Waals surface area contributed by atoms with E-state index < -0.39 is 0 Å². The van der Waals surface area contributed by atoms with E-state index in [1.54, 1.807) is 22.7 Å². The van der Waals surface area contributed by atoms with Gasteiger partial charge in [0.05, 0.1) is 22.4 Å². The van der Waals surface area contributed by atoms with Gasteiger partial charge in [-0.25, -0.2) is 4.90 Å². The molecule has 0 saturated heterocycles. The van der Waals surface area contributed by atoms with E-state index >= 15 is 0 Å². The van der Waals surface area contributed by atoms with Gasteiger partial charge in [0.15, 0.2) is 0 Å². The molecular formula is C30H26N2O2S2.